The Bertz CT molecular complexity index is 498. The van der Waals surface area contributed by atoms with Gasteiger partial charge in [-0.1, -0.05) is 31.9 Å². The largest absolute Gasteiger partial charge is 0.378 e. The lowest BCUT2D eigenvalue weighted by Crippen LogP contribution is -2.44. The number of nitrogens with zero attached hydrogens (tertiary/aromatic N) is 2. The molecular formula is C19H31N3O. The average molecular weight is 317 g/mol. The molecular weight excluding hydrogens is 286 g/mol. The van der Waals surface area contributed by atoms with Gasteiger partial charge >= 0.3 is 0 Å². The SMILES string of the molecule is C[C@@H]1CCCC[C@H]1NC(=O)CN(C)Cc1ccc(N(C)C)cc1. The van der Waals surface area contributed by atoms with Crippen molar-refractivity contribution in [1.82, 2.24) is 10.2 Å². The third-order valence-electron chi connectivity index (χ3n) is 4.78. The summed E-state index contributed by atoms with van der Waals surface area (Å²) in [6, 6.07) is 8.86. The second-order valence-corrected chi connectivity index (χ2v) is 7.17. The van der Waals surface area contributed by atoms with Gasteiger partial charge in [-0.3, -0.25) is 9.69 Å². The molecule has 0 spiro atoms. The van der Waals surface area contributed by atoms with Crippen LogP contribution in [0.25, 0.3) is 0 Å². The number of anilines is 1. The molecule has 0 bridgehead atoms. The summed E-state index contributed by atoms with van der Waals surface area (Å²) in [4.78, 5) is 16.4. The molecule has 0 unspecified atom stereocenters. The first kappa shape index (κ1) is 17.8. The number of likely N-dealkylation sites (N-methyl/N-ethyl adjacent to an activating group) is 1. The fourth-order valence-corrected chi connectivity index (χ4v) is 3.30. The first-order valence-electron chi connectivity index (χ1n) is 8.70. The normalized spacial score (nSPS) is 21.3. The summed E-state index contributed by atoms with van der Waals surface area (Å²) in [7, 11) is 6.08. The van der Waals surface area contributed by atoms with Crippen LogP contribution in [0.4, 0.5) is 5.69 Å². The number of carbonyl (C=O) groups is 1. The Morgan fingerprint density at radius 1 is 1.13 bits per heavy atom. The summed E-state index contributed by atoms with van der Waals surface area (Å²) in [6.07, 6.45) is 4.90. The maximum atomic E-state index is 12.2. The van der Waals surface area contributed by atoms with Gasteiger partial charge in [0.15, 0.2) is 0 Å². The predicted octanol–water partition coefficient (Wildman–Crippen LogP) is 2.88. The van der Waals surface area contributed by atoms with Gasteiger partial charge < -0.3 is 10.2 Å². The topological polar surface area (TPSA) is 35.6 Å². The molecule has 1 saturated carbocycles. The van der Waals surface area contributed by atoms with Crippen LogP contribution in [0.2, 0.25) is 0 Å². The highest BCUT2D eigenvalue weighted by Gasteiger charge is 2.23. The Balaban J connectivity index is 1.79. The molecule has 2 atom stereocenters. The third kappa shape index (κ3) is 5.54. The van der Waals surface area contributed by atoms with E-state index in [1.54, 1.807) is 0 Å². The van der Waals surface area contributed by atoms with Crippen molar-refractivity contribution in [2.45, 2.75) is 45.2 Å². The van der Waals surface area contributed by atoms with Crippen molar-refractivity contribution in [2.75, 3.05) is 32.6 Å². The maximum Gasteiger partial charge on any atom is 0.234 e. The second kappa shape index (κ2) is 8.34. The predicted molar refractivity (Wildman–Crippen MR) is 96.7 cm³/mol. The minimum Gasteiger partial charge on any atom is -0.378 e. The number of benzene rings is 1. The molecule has 128 valence electrons. The highest BCUT2D eigenvalue weighted by atomic mass is 16.2. The first-order valence-corrected chi connectivity index (χ1v) is 8.70. The molecule has 4 heteroatoms. The van der Waals surface area contributed by atoms with E-state index in [0.29, 0.717) is 18.5 Å². The van der Waals surface area contributed by atoms with Gasteiger partial charge in [0.25, 0.3) is 0 Å². The Kier molecular flexibility index (Phi) is 6.46. The summed E-state index contributed by atoms with van der Waals surface area (Å²) < 4.78 is 0. The molecule has 0 radical (unpaired) electrons. The second-order valence-electron chi connectivity index (χ2n) is 7.17. The lowest BCUT2D eigenvalue weighted by Gasteiger charge is -2.30. The van der Waals surface area contributed by atoms with Crippen LogP contribution in [0.15, 0.2) is 24.3 Å². The Labute approximate surface area is 140 Å². The van der Waals surface area contributed by atoms with Crippen LogP contribution in [-0.2, 0) is 11.3 Å². The van der Waals surface area contributed by atoms with Crippen LogP contribution in [0.5, 0.6) is 0 Å². The van der Waals surface area contributed by atoms with E-state index in [0.717, 1.165) is 13.0 Å². The van der Waals surface area contributed by atoms with E-state index in [-0.39, 0.29) is 5.91 Å². The Hall–Kier alpha value is -1.55. The fourth-order valence-electron chi connectivity index (χ4n) is 3.30. The number of rotatable bonds is 6. The molecule has 0 saturated heterocycles. The van der Waals surface area contributed by atoms with Gasteiger partial charge in [0.2, 0.25) is 5.91 Å². The Morgan fingerprint density at radius 3 is 2.39 bits per heavy atom. The first-order chi connectivity index (χ1) is 11.0. The zero-order valence-corrected chi connectivity index (χ0v) is 15.0. The van der Waals surface area contributed by atoms with Crippen LogP contribution in [0.1, 0.15) is 38.2 Å². The molecule has 1 N–H and O–H groups in total. The third-order valence-corrected chi connectivity index (χ3v) is 4.78. The molecule has 1 aliphatic carbocycles. The van der Waals surface area contributed by atoms with E-state index < -0.39 is 0 Å². The van der Waals surface area contributed by atoms with Crippen molar-refractivity contribution in [3.05, 3.63) is 29.8 Å². The van der Waals surface area contributed by atoms with Crippen molar-refractivity contribution >= 4 is 11.6 Å². The molecule has 1 aliphatic rings. The number of hydrogen-bond donors (Lipinski definition) is 1. The maximum absolute atomic E-state index is 12.2. The number of carbonyl (C=O) groups excluding carboxylic acids is 1. The number of amides is 1. The van der Waals surface area contributed by atoms with Crippen molar-refractivity contribution in [2.24, 2.45) is 5.92 Å². The number of nitrogens with one attached hydrogen (secondary N) is 1. The van der Waals surface area contributed by atoms with Gasteiger partial charge in [-0.05, 0) is 43.5 Å². The molecule has 2 rings (SSSR count). The van der Waals surface area contributed by atoms with Gasteiger partial charge in [-0.15, -0.1) is 0 Å². The van der Waals surface area contributed by atoms with E-state index in [1.807, 2.05) is 21.1 Å². The van der Waals surface area contributed by atoms with Gasteiger partial charge in [0.05, 0.1) is 6.54 Å². The van der Waals surface area contributed by atoms with Gasteiger partial charge in [-0.2, -0.15) is 0 Å². The van der Waals surface area contributed by atoms with E-state index in [9.17, 15) is 4.79 Å². The van der Waals surface area contributed by atoms with Crippen LogP contribution >= 0.6 is 0 Å². The molecule has 0 aliphatic heterocycles. The van der Waals surface area contributed by atoms with Crippen LogP contribution in [0.3, 0.4) is 0 Å². The summed E-state index contributed by atoms with van der Waals surface area (Å²) in [6.45, 7) is 3.50. The molecule has 0 heterocycles. The minimum atomic E-state index is 0.149. The molecule has 1 aromatic carbocycles. The molecule has 4 nitrogen and oxygen atoms in total. The van der Waals surface area contributed by atoms with E-state index >= 15 is 0 Å². The highest BCUT2D eigenvalue weighted by molar-refractivity contribution is 5.78. The monoisotopic (exact) mass is 317 g/mol. The molecule has 1 fully saturated rings. The van der Waals surface area contributed by atoms with E-state index in [1.165, 1.54) is 30.5 Å². The van der Waals surface area contributed by atoms with Crippen molar-refractivity contribution < 1.29 is 4.79 Å². The lowest BCUT2D eigenvalue weighted by molar-refractivity contribution is -0.123. The lowest BCUT2D eigenvalue weighted by atomic mass is 9.86. The van der Waals surface area contributed by atoms with Gasteiger partial charge in [0.1, 0.15) is 0 Å². The summed E-state index contributed by atoms with van der Waals surface area (Å²) in [5.74, 6) is 0.757. The van der Waals surface area contributed by atoms with Crippen molar-refractivity contribution in [3.63, 3.8) is 0 Å². The zero-order valence-electron chi connectivity index (χ0n) is 15.0. The Morgan fingerprint density at radius 2 is 1.78 bits per heavy atom. The summed E-state index contributed by atoms with van der Waals surface area (Å²) >= 11 is 0. The van der Waals surface area contributed by atoms with E-state index in [2.05, 4.69) is 46.3 Å². The average Bonchev–Trinajstić information content (AvgIpc) is 2.50. The summed E-state index contributed by atoms with van der Waals surface area (Å²) in [5.41, 5.74) is 2.43. The molecule has 1 aromatic rings. The fraction of sp³-hybridized carbons (Fsp3) is 0.632. The smallest absolute Gasteiger partial charge is 0.234 e. The molecule has 0 aromatic heterocycles. The number of hydrogen-bond acceptors (Lipinski definition) is 3. The zero-order chi connectivity index (χ0) is 16.8. The van der Waals surface area contributed by atoms with Gasteiger partial charge in [0, 0.05) is 32.4 Å². The van der Waals surface area contributed by atoms with E-state index in [4.69, 9.17) is 0 Å². The van der Waals surface area contributed by atoms with Crippen LogP contribution < -0.4 is 10.2 Å². The molecule has 1 amide bonds. The highest BCUT2D eigenvalue weighted by Crippen LogP contribution is 2.23. The van der Waals surface area contributed by atoms with Crippen molar-refractivity contribution in [1.29, 1.82) is 0 Å². The minimum absolute atomic E-state index is 0.149. The molecule has 23 heavy (non-hydrogen) atoms. The standard InChI is InChI=1S/C19H31N3O/c1-15-7-5-6-8-18(15)20-19(23)14-22(4)13-16-9-11-17(12-10-16)21(2)3/h9-12,15,18H,5-8,13-14H2,1-4H3,(H,20,23)/t15-,18-/m1/s1. The van der Waals surface area contributed by atoms with Crippen molar-refractivity contribution in [3.8, 4) is 0 Å². The van der Waals surface area contributed by atoms with Crippen LogP contribution in [0, 0.1) is 5.92 Å². The van der Waals surface area contributed by atoms with Gasteiger partial charge in [-0.25, -0.2) is 0 Å². The summed E-state index contributed by atoms with van der Waals surface area (Å²) in [5, 5.41) is 3.22. The quantitative estimate of drug-likeness (QED) is 0.876. The van der Waals surface area contributed by atoms with Crippen LogP contribution in [-0.4, -0.2) is 44.5 Å².